The smallest absolute Gasteiger partial charge is 0.295 e. The van der Waals surface area contributed by atoms with E-state index < -0.39 is 23.5 Å². The van der Waals surface area contributed by atoms with Gasteiger partial charge in [0.05, 0.1) is 23.7 Å². The molecule has 1 N–H and O–H groups in total. The summed E-state index contributed by atoms with van der Waals surface area (Å²) in [7, 11) is 3.32. The zero-order valence-electron chi connectivity index (χ0n) is 19.5. The number of ketones is 1. The number of amides is 1. The number of rotatable bonds is 5. The predicted octanol–water partition coefficient (Wildman–Crippen LogP) is 5.60. The molecule has 1 aromatic heterocycles. The lowest BCUT2D eigenvalue weighted by atomic mass is 9.94. The van der Waals surface area contributed by atoms with Crippen LogP contribution in [0.25, 0.3) is 16.7 Å². The average molecular weight is 505 g/mol. The third-order valence-corrected chi connectivity index (χ3v) is 6.77. The highest BCUT2D eigenvalue weighted by atomic mass is 35.5. The van der Waals surface area contributed by atoms with Crippen molar-refractivity contribution in [3.05, 3.63) is 106 Å². The van der Waals surface area contributed by atoms with Crippen LogP contribution in [0.2, 0.25) is 5.02 Å². The second-order valence-electron chi connectivity index (χ2n) is 8.62. The lowest BCUT2D eigenvalue weighted by Gasteiger charge is -2.25. The normalized spacial score (nSPS) is 17.2. The fraction of sp³-hybridized carbons (Fsp3) is 0.143. The minimum absolute atomic E-state index is 0.0390. The molecule has 1 amide bonds. The van der Waals surface area contributed by atoms with Crippen LogP contribution >= 0.6 is 11.6 Å². The Balaban J connectivity index is 1.73. The van der Waals surface area contributed by atoms with Crippen LogP contribution in [-0.2, 0) is 23.2 Å². The van der Waals surface area contributed by atoms with Crippen LogP contribution in [0.3, 0.4) is 0 Å². The first-order chi connectivity index (χ1) is 17.3. The van der Waals surface area contributed by atoms with Crippen LogP contribution in [-0.4, -0.2) is 33.4 Å². The van der Waals surface area contributed by atoms with Gasteiger partial charge in [-0.15, -0.1) is 0 Å². The van der Waals surface area contributed by atoms with Crippen LogP contribution in [0.15, 0.2) is 78.5 Å². The van der Waals surface area contributed by atoms with Crippen LogP contribution in [0, 0.1) is 5.82 Å². The highest BCUT2D eigenvalue weighted by Gasteiger charge is 2.47. The second-order valence-corrected chi connectivity index (χ2v) is 9.02. The van der Waals surface area contributed by atoms with E-state index in [1.165, 1.54) is 30.2 Å². The van der Waals surface area contributed by atoms with Gasteiger partial charge >= 0.3 is 0 Å². The maximum absolute atomic E-state index is 13.5. The molecule has 3 aromatic carbocycles. The highest BCUT2D eigenvalue weighted by molar-refractivity contribution is 6.46. The molecule has 1 aliphatic heterocycles. The molecule has 6 nitrogen and oxygen atoms in total. The summed E-state index contributed by atoms with van der Waals surface area (Å²) in [6, 6.07) is 17.1. The Hall–Kier alpha value is -4.10. The predicted molar refractivity (Wildman–Crippen MR) is 135 cm³/mol. The summed E-state index contributed by atoms with van der Waals surface area (Å²) in [6.45, 7) is 0.0550. The quantitative estimate of drug-likeness (QED) is 0.218. The molecule has 0 bridgehead atoms. The van der Waals surface area contributed by atoms with Gasteiger partial charge in [-0.2, -0.15) is 0 Å². The molecule has 2 heterocycles. The van der Waals surface area contributed by atoms with Crippen LogP contribution in [0.4, 0.5) is 4.39 Å². The monoisotopic (exact) mass is 504 g/mol. The Bertz CT molecular complexity index is 1540. The first kappa shape index (κ1) is 23.6. The Morgan fingerprint density at radius 1 is 1.08 bits per heavy atom. The third kappa shape index (κ3) is 3.91. The number of aliphatic hydroxyl groups is 1. The average Bonchev–Trinajstić information content (AvgIpc) is 3.34. The summed E-state index contributed by atoms with van der Waals surface area (Å²) in [6.07, 6.45) is 1.86. The van der Waals surface area contributed by atoms with E-state index in [2.05, 4.69) is 0 Å². The van der Waals surface area contributed by atoms with E-state index in [1.807, 2.05) is 42.1 Å². The van der Waals surface area contributed by atoms with E-state index in [0.29, 0.717) is 27.5 Å². The largest absolute Gasteiger partial charge is 0.507 e. The number of carbonyl (C=O) groups excluding carboxylic acids is 2. The lowest BCUT2D eigenvalue weighted by Crippen LogP contribution is -2.29. The number of ether oxygens (including phenoxy) is 1. The van der Waals surface area contributed by atoms with Crippen molar-refractivity contribution in [1.29, 1.82) is 0 Å². The number of Topliss-reactive ketones (excluding diaryl/α,β-unsaturated/α-hetero) is 1. The molecule has 1 saturated heterocycles. The SMILES string of the molecule is COc1cc(/C(O)=C2\C(=O)C(=O)N(Cc3ccc(F)cc3)C2c2cn(C)c3ccccc23)ccc1Cl. The van der Waals surface area contributed by atoms with Gasteiger partial charge in [0.25, 0.3) is 11.7 Å². The molecular weight excluding hydrogens is 483 g/mol. The molecule has 1 fully saturated rings. The van der Waals surface area contributed by atoms with Gasteiger partial charge in [0.15, 0.2) is 0 Å². The van der Waals surface area contributed by atoms with Gasteiger partial charge in [-0.05, 0) is 42.0 Å². The first-order valence-electron chi connectivity index (χ1n) is 11.2. The minimum Gasteiger partial charge on any atom is -0.507 e. The number of aromatic nitrogens is 1. The third-order valence-electron chi connectivity index (χ3n) is 6.45. The van der Waals surface area contributed by atoms with Crippen LogP contribution in [0.1, 0.15) is 22.7 Å². The van der Waals surface area contributed by atoms with Crippen LogP contribution < -0.4 is 4.74 Å². The Kier molecular flexibility index (Phi) is 6.02. The molecule has 0 spiro atoms. The maximum atomic E-state index is 13.5. The number of aliphatic hydroxyl groups excluding tert-OH is 1. The van der Waals surface area contributed by atoms with Crippen molar-refractivity contribution >= 4 is 40.0 Å². The Morgan fingerprint density at radius 2 is 1.81 bits per heavy atom. The van der Waals surface area contributed by atoms with Crippen molar-refractivity contribution in [2.45, 2.75) is 12.6 Å². The number of hydrogen-bond donors (Lipinski definition) is 1. The Labute approximate surface area is 211 Å². The minimum atomic E-state index is -0.872. The lowest BCUT2D eigenvalue weighted by molar-refractivity contribution is -0.140. The van der Waals surface area contributed by atoms with Gasteiger partial charge < -0.3 is 19.3 Å². The van der Waals surface area contributed by atoms with E-state index in [9.17, 15) is 19.1 Å². The molecule has 8 heteroatoms. The van der Waals surface area contributed by atoms with Gasteiger partial charge in [-0.3, -0.25) is 9.59 Å². The zero-order chi connectivity index (χ0) is 25.6. The number of hydrogen-bond acceptors (Lipinski definition) is 4. The van der Waals surface area contributed by atoms with E-state index in [1.54, 1.807) is 24.3 Å². The molecule has 0 aliphatic carbocycles. The van der Waals surface area contributed by atoms with Gasteiger partial charge in [0.2, 0.25) is 0 Å². The van der Waals surface area contributed by atoms with E-state index in [0.717, 1.165) is 10.9 Å². The maximum Gasteiger partial charge on any atom is 0.295 e. The number of nitrogens with zero attached hydrogens (tertiary/aromatic N) is 2. The number of likely N-dealkylation sites (tertiary alicyclic amines) is 1. The van der Waals surface area contributed by atoms with Crippen molar-refractivity contribution < 1.29 is 23.8 Å². The van der Waals surface area contributed by atoms with Gasteiger partial charge in [-0.25, -0.2) is 4.39 Å². The summed E-state index contributed by atoms with van der Waals surface area (Å²) in [5, 5.41) is 12.6. The van der Waals surface area contributed by atoms with Gasteiger partial charge in [0.1, 0.15) is 17.3 Å². The number of carbonyl (C=O) groups is 2. The molecule has 4 aromatic rings. The van der Waals surface area contributed by atoms with Crippen molar-refractivity contribution in [3.63, 3.8) is 0 Å². The molecule has 36 heavy (non-hydrogen) atoms. The Morgan fingerprint density at radius 3 is 2.53 bits per heavy atom. The molecule has 5 rings (SSSR count). The topological polar surface area (TPSA) is 71.8 Å². The summed E-state index contributed by atoms with van der Waals surface area (Å²) in [4.78, 5) is 28.1. The standard InChI is InChI=1S/C28H22ClFN2O4/c1-31-15-20(19-5-3-4-6-22(19)31)25-24(26(33)17-9-12-21(29)23(13-17)36-2)27(34)28(35)32(25)14-16-7-10-18(30)11-8-16/h3-13,15,25,33H,14H2,1-2H3/b26-24+. The second kappa shape index (κ2) is 9.17. The molecule has 1 atom stereocenters. The zero-order valence-corrected chi connectivity index (χ0v) is 20.3. The van der Waals surface area contributed by atoms with E-state index in [4.69, 9.17) is 16.3 Å². The number of methoxy groups -OCH3 is 1. The molecule has 0 saturated carbocycles. The van der Waals surface area contributed by atoms with Crippen molar-refractivity contribution in [2.24, 2.45) is 7.05 Å². The van der Waals surface area contributed by atoms with Crippen molar-refractivity contribution in [3.8, 4) is 5.75 Å². The van der Waals surface area contributed by atoms with Crippen LogP contribution in [0.5, 0.6) is 5.75 Å². The molecular formula is C28H22ClFN2O4. The fourth-order valence-corrected chi connectivity index (χ4v) is 4.90. The number of halogens is 2. The highest BCUT2D eigenvalue weighted by Crippen LogP contribution is 2.43. The molecule has 182 valence electrons. The molecule has 0 radical (unpaired) electrons. The number of aryl methyl sites for hydroxylation is 1. The number of para-hydroxylation sites is 1. The summed E-state index contributed by atoms with van der Waals surface area (Å²) in [5.41, 5.74) is 2.51. The van der Waals surface area contributed by atoms with Gasteiger partial charge in [0, 0.05) is 41.8 Å². The fourth-order valence-electron chi connectivity index (χ4n) is 4.71. The first-order valence-corrected chi connectivity index (χ1v) is 11.6. The van der Waals surface area contributed by atoms with Crippen molar-refractivity contribution in [2.75, 3.05) is 7.11 Å². The summed E-state index contributed by atoms with van der Waals surface area (Å²) >= 11 is 6.15. The number of benzene rings is 3. The van der Waals surface area contributed by atoms with E-state index >= 15 is 0 Å². The van der Waals surface area contributed by atoms with E-state index in [-0.39, 0.29) is 17.9 Å². The summed E-state index contributed by atoms with van der Waals surface area (Å²) < 4.78 is 20.7. The molecule has 1 unspecified atom stereocenters. The van der Waals surface area contributed by atoms with Gasteiger partial charge in [-0.1, -0.05) is 41.9 Å². The molecule has 1 aliphatic rings. The summed E-state index contributed by atoms with van der Waals surface area (Å²) in [5.74, 6) is -1.96. The number of fused-ring (bicyclic) bond motifs is 1. The van der Waals surface area contributed by atoms with Crippen molar-refractivity contribution in [1.82, 2.24) is 9.47 Å².